The Balaban J connectivity index is 3.03. The normalized spacial score (nSPS) is 25.3. The van der Waals surface area contributed by atoms with Crippen molar-refractivity contribution in [1.29, 1.82) is 0 Å². The van der Waals surface area contributed by atoms with Gasteiger partial charge in [0.2, 0.25) is 0 Å². The van der Waals surface area contributed by atoms with Crippen LogP contribution in [0.3, 0.4) is 0 Å². The molecule has 0 atom stereocenters. The van der Waals surface area contributed by atoms with Crippen LogP contribution >= 0.6 is 0 Å². The monoisotopic (exact) mass is 210 g/mol. The number of nitrogens with zero attached hydrogens (tertiary/aromatic N) is 2. The van der Waals surface area contributed by atoms with Gasteiger partial charge in [0.15, 0.2) is 0 Å². The summed E-state index contributed by atoms with van der Waals surface area (Å²) >= 11 is 0. The highest BCUT2D eigenvalue weighted by atomic mass is 15.5. The van der Waals surface area contributed by atoms with Gasteiger partial charge in [-0.15, -0.1) is 0 Å². The van der Waals surface area contributed by atoms with Crippen molar-refractivity contribution in [1.82, 2.24) is 9.80 Å². The van der Waals surface area contributed by atoms with Crippen LogP contribution in [-0.2, 0) is 0 Å². The van der Waals surface area contributed by atoms with Gasteiger partial charge in [0.25, 0.3) is 0 Å². The van der Waals surface area contributed by atoms with Crippen molar-refractivity contribution in [3.05, 3.63) is 12.3 Å². The lowest BCUT2D eigenvalue weighted by Gasteiger charge is -2.39. The molecule has 0 aromatic heterocycles. The first-order valence-corrected chi connectivity index (χ1v) is 5.82. The predicted molar refractivity (Wildman–Crippen MR) is 66.6 cm³/mol. The Bertz CT molecular complexity index is 264. The van der Waals surface area contributed by atoms with E-state index in [9.17, 15) is 0 Å². The van der Waals surface area contributed by atoms with Crippen molar-refractivity contribution < 1.29 is 0 Å². The van der Waals surface area contributed by atoms with Crippen LogP contribution in [0.4, 0.5) is 0 Å². The molecule has 0 spiro atoms. The lowest BCUT2D eigenvalue weighted by Crippen LogP contribution is -2.50. The molecule has 88 valence electrons. The Morgan fingerprint density at radius 2 is 1.67 bits per heavy atom. The van der Waals surface area contributed by atoms with E-state index in [0.717, 1.165) is 6.54 Å². The lowest BCUT2D eigenvalue weighted by molar-refractivity contribution is 0.0391. The fourth-order valence-corrected chi connectivity index (χ4v) is 2.42. The van der Waals surface area contributed by atoms with Crippen LogP contribution in [0.1, 0.15) is 41.5 Å². The third-order valence-corrected chi connectivity index (χ3v) is 3.90. The zero-order valence-electron chi connectivity index (χ0n) is 11.4. The second-order valence-corrected chi connectivity index (χ2v) is 6.06. The van der Waals surface area contributed by atoms with E-state index < -0.39 is 0 Å². The van der Waals surface area contributed by atoms with Crippen molar-refractivity contribution in [2.75, 3.05) is 13.6 Å². The second-order valence-electron chi connectivity index (χ2n) is 6.06. The molecule has 1 fully saturated rings. The topological polar surface area (TPSA) is 6.48 Å². The van der Waals surface area contributed by atoms with Gasteiger partial charge in [0.1, 0.15) is 0 Å². The maximum Gasteiger partial charge on any atom is 0.0878 e. The van der Waals surface area contributed by atoms with Gasteiger partial charge in [-0.3, -0.25) is 4.90 Å². The highest BCUT2D eigenvalue weighted by molar-refractivity contribution is 5.22. The second kappa shape index (κ2) is 3.51. The van der Waals surface area contributed by atoms with Gasteiger partial charge >= 0.3 is 0 Å². The van der Waals surface area contributed by atoms with E-state index in [2.05, 4.69) is 65.0 Å². The average Bonchev–Trinajstić information content (AvgIpc) is 2.18. The Morgan fingerprint density at radius 1 is 1.20 bits per heavy atom. The van der Waals surface area contributed by atoms with E-state index in [0.29, 0.717) is 5.92 Å². The van der Waals surface area contributed by atoms with Crippen molar-refractivity contribution in [3.8, 4) is 0 Å². The Kier molecular flexibility index (Phi) is 2.94. The molecule has 2 heteroatoms. The summed E-state index contributed by atoms with van der Waals surface area (Å²) in [6, 6.07) is 0. The highest BCUT2D eigenvalue weighted by Crippen LogP contribution is 2.42. The zero-order chi connectivity index (χ0) is 12.0. The molecule has 0 radical (unpaired) electrons. The van der Waals surface area contributed by atoms with Gasteiger partial charge in [0, 0.05) is 12.2 Å². The predicted octanol–water partition coefficient (Wildman–Crippen LogP) is 2.92. The molecule has 0 aromatic rings. The molecule has 1 aliphatic rings. The largest absolute Gasteiger partial charge is 0.356 e. The maximum atomic E-state index is 4.27. The molecule has 1 rings (SSSR count). The molecule has 1 heterocycles. The summed E-state index contributed by atoms with van der Waals surface area (Å²) in [6.45, 7) is 18.9. The SMILES string of the molecule is C=C1N(CC(C)C)C(C)(C)N(C)C1(C)C. The summed E-state index contributed by atoms with van der Waals surface area (Å²) in [5.74, 6) is 0.670. The number of rotatable bonds is 2. The molecule has 2 nitrogen and oxygen atoms in total. The van der Waals surface area contributed by atoms with E-state index in [1.54, 1.807) is 0 Å². The van der Waals surface area contributed by atoms with Crippen molar-refractivity contribution in [2.45, 2.75) is 52.7 Å². The van der Waals surface area contributed by atoms with Crippen LogP contribution < -0.4 is 0 Å². The van der Waals surface area contributed by atoms with Crippen molar-refractivity contribution in [3.63, 3.8) is 0 Å². The lowest BCUT2D eigenvalue weighted by atomic mass is 10.0. The molecular formula is C13H26N2. The van der Waals surface area contributed by atoms with E-state index >= 15 is 0 Å². The van der Waals surface area contributed by atoms with Crippen LogP contribution in [0.2, 0.25) is 0 Å². The van der Waals surface area contributed by atoms with Gasteiger partial charge < -0.3 is 4.90 Å². The molecule has 15 heavy (non-hydrogen) atoms. The molecule has 0 N–H and O–H groups in total. The smallest absolute Gasteiger partial charge is 0.0878 e. The van der Waals surface area contributed by atoms with E-state index in [1.165, 1.54) is 5.70 Å². The standard InChI is InChI=1S/C13H26N2/c1-10(2)9-15-11(3)12(4,5)14(8)13(15,6)7/h10H,3,9H2,1-2,4-8H3. The average molecular weight is 210 g/mol. The Morgan fingerprint density at radius 3 is 1.93 bits per heavy atom. The van der Waals surface area contributed by atoms with Crippen LogP contribution in [0.5, 0.6) is 0 Å². The van der Waals surface area contributed by atoms with Gasteiger partial charge in [-0.25, -0.2) is 0 Å². The number of likely N-dealkylation sites (N-methyl/N-ethyl adjacent to an activating group) is 1. The minimum Gasteiger partial charge on any atom is -0.356 e. The molecule has 0 unspecified atom stereocenters. The van der Waals surface area contributed by atoms with E-state index in [-0.39, 0.29) is 11.2 Å². The summed E-state index contributed by atoms with van der Waals surface area (Å²) in [6.07, 6.45) is 0. The minimum absolute atomic E-state index is 0.0678. The molecule has 0 aliphatic carbocycles. The molecule has 0 amide bonds. The van der Waals surface area contributed by atoms with Crippen LogP contribution in [0.15, 0.2) is 12.3 Å². The van der Waals surface area contributed by atoms with Gasteiger partial charge in [0.05, 0.1) is 11.2 Å². The zero-order valence-corrected chi connectivity index (χ0v) is 11.4. The molecule has 0 aromatic carbocycles. The summed E-state index contributed by atoms with van der Waals surface area (Å²) < 4.78 is 0. The van der Waals surface area contributed by atoms with E-state index in [4.69, 9.17) is 0 Å². The first-order chi connectivity index (χ1) is 6.61. The van der Waals surface area contributed by atoms with Crippen molar-refractivity contribution >= 4 is 0 Å². The highest BCUT2D eigenvalue weighted by Gasteiger charge is 2.50. The molecule has 0 bridgehead atoms. The van der Waals surface area contributed by atoms with E-state index in [1.807, 2.05) is 0 Å². The van der Waals surface area contributed by atoms with Crippen LogP contribution in [0, 0.1) is 5.92 Å². The van der Waals surface area contributed by atoms with Gasteiger partial charge in [-0.1, -0.05) is 20.4 Å². The molecule has 1 saturated heterocycles. The number of hydrogen-bond donors (Lipinski definition) is 0. The maximum absolute atomic E-state index is 4.27. The summed E-state index contributed by atoms with van der Waals surface area (Å²) in [7, 11) is 2.19. The van der Waals surface area contributed by atoms with Gasteiger partial charge in [-0.05, 0) is 40.7 Å². The summed E-state index contributed by atoms with van der Waals surface area (Å²) in [5, 5.41) is 0. The number of hydrogen-bond acceptors (Lipinski definition) is 2. The third kappa shape index (κ3) is 1.80. The molecule has 1 aliphatic heterocycles. The quantitative estimate of drug-likeness (QED) is 0.691. The first-order valence-electron chi connectivity index (χ1n) is 5.82. The van der Waals surface area contributed by atoms with Crippen LogP contribution in [-0.4, -0.2) is 34.6 Å². The fourth-order valence-electron chi connectivity index (χ4n) is 2.42. The summed E-state index contributed by atoms with van der Waals surface area (Å²) in [5.41, 5.74) is 1.38. The first kappa shape index (κ1) is 12.6. The minimum atomic E-state index is 0.0678. The van der Waals surface area contributed by atoms with Crippen molar-refractivity contribution in [2.24, 2.45) is 5.92 Å². The Hall–Kier alpha value is -0.500. The summed E-state index contributed by atoms with van der Waals surface area (Å²) in [4.78, 5) is 4.85. The fraction of sp³-hybridized carbons (Fsp3) is 0.846. The third-order valence-electron chi connectivity index (χ3n) is 3.90. The molecular weight excluding hydrogens is 184 g/mol. The Labute approximate surface area is 94.9 Å². The molecule has 0 saturated carbocycles. The van der Waals surface area contributed by atoms with Gasteiger partial charge in [-0.2, -0.15) is 0 Å². The van der Waals surface area contributed by atoms with Crippen LogP contribution in [0.25, 0.3) is 0 Å².